The van der Waals surface area contributed by atoms with Gasteiger partial charge in [-0.3, -0.25) is 19.2 Å². The Morgan fingerprint density at radius 3 is 1.93 bits per heavy atom. The van der Waals surface area contributed by atoms with Gasteiger partial charge < -0.3 is 46.4 Å². The Morgan fingerprint density at radius 2 is 1.31 bits per heavy atom. The second kappa shape index (κ2) is 20.7. The van der Waals surface area contributed by atoms with E-state index in [4.69, 9.17) is 0 Å². The molecule has 16 nitrogen and oxygen atoms in total. The molecular weight excluding hydrogens is 785 g/mol. The highest BCUT2D eigenvalue weighted by molar-refractivity contribution is 6.07. The number of aliphatic carboxylic acids is 2. The minimum atomic E-state index is -1.60. The van der Waals surface area contributed by atoms with Gasteiger partial charge in [0.1, 0.15) is 29.9 Å². The highest BCUT2D eigenvalue weighted by Gasteiger charge is 2.40. The van der Waals surface area contributed by atoms with Crippen LogP contribution in [0.2, 0.25) is 0 Å². The molecule has 16 heteroatoms. The molecule has 5 rings (SSSR count). The minimum absolute atomic E-state index is 0.0114. The molecule has 3 aromatic rings. The predicted molar refractivity (Wildman–Crippen MR) is 227 cm³/mol. The van der Waals surface area contributed by atoms with Crippen molar-refractivity contribution >= 4 is 52.8 Å². The van der Waals surface area contributed by atoms with Crippen LogP contribution in [0.4, 0.5) is 16.2 Å². The third kappa shape index (κ3) is 12.8. The van der Waals surface area contributed by atoms with E-state index in [1.165, 1.54) is 29.2 Å². The van der Waals surface area contributed by atoms with Crippen molar-refractivity contribution in [2.75, 3.05) is 22.9 Å². The molecule has 4 atom stereocenters. The van der Waals surface area contributed by atoms with Gasteiger partial charge in [-0.1, -0.05) is 94.6 Å². The van der Waals surface area contributed by atoms with E-state index in [0.717, 1.165) is 37.8 Å². The Balaban J connectivity index is 1.32. The summed E-state index contributed by atoms with van der Waals surface area (Å²) in [5.41, 5.74) is 1.76. The molecule has 1 fully saturated rings. The number of fused-ring (bicyclic) bond motifs is 1. The van der Waals surface area contributed by atoms with Gasteiger partial charge in [-0.15, -0.1) is 0 Å². The van der Waals surface area contributed by atoms with Gasteiger partial charge in [0.2, 0.25) is 11.8 Å². The number of phenols is 1. The first-order chi connectivity index (χ1) is 29.0. The number of hydrogen-bond acceptors (Lipinski definition) is 9. The number of carbonyl (C=O) groups excluding carboxylic acids is 5. The lowest BCUT2D eigenvalue weighted by atomic mass is 9.90. The van der Waals surface area contributed by atoms with Gasteiger partial charge in [-0.2, -0.15) is 0 Å². The third-order valence-electron chi connectivity index (χ3n) is 11.1. The van der Waals surface area contributed by atoms with Gasteiger partial charge in [-0.25, -0.2) is 14.4 Å². The largest absolute Gasteiger partial charge is 0.508 e. The molecule has 1 aliphatic heterocycles. The number of ketones is 1. The number of amides is 5. The van der Waals surface area contributed by atoms with Crippen molar-refractivity contribution in [2.24, 2.45) is 5.41 Å². The summed E-state index contributed by atoms with van der Waals surface area (Å²) < 4.78 is 0. The zero-order valence-corrected chi connectivity index (χ0v) is 34.8. The first-order valence-electron chi connectivity index (χ1n) is 20.6. The number of phenolic OH excluding ortho intramolecular Hbond substituents is 1. The van der Waals surface area contributed by atoms with Gasteiger partial charge in [0.25, 0.3) is 5.91 Å². The van der Waals surface area contributed by atoms with Crippen LogP contribution in [0.15, 0.2) is 78.9 Å². The number of rotatable bonds is 17. The molecule has 0 radical (unpaired) electrons. The van der Waals surface area contributed by atoms with Crippen molar-refractivity contribution in [1.82, 2.24) is 21.3 Å². The fourth-order valence-corrected chi connectivity index (χ4v) is 7.56. The van der Waals surface area contributed by atoms with Crippen molar-refractivity contribution in [1.29, 1.82) is 0 Å². The maximum Gasteiger partial charge on any atom is 0.326 e. The van der Waals surface area contributed by atoms with E-state index in [9.17, 15) is 48.9 Å². The molecule has 0 unspecified atom stereocenters. The molecule has 5 amide bonds. The van der Waals surface area contributed by atoms with E-state index in [0.29, 0.717) is 16.8 Å². The molecule has 61 heavy (non-hydrogen) atoms. The molecule has 7 N–H and O–H groups in total. The predicted octanol–water partition coefficient (Wildman–Crippen LogP) is 3.93. The number of nitrogens with one attached hydrogen (secondary N) is 4. The number of carbonyl (C=O) groups is 7. The maximum absolute atomic E-state index is 14.5. The number of urea groups is 1. The average molecular weight is 841 g/mol. The summed E-state index contributed by atoms with van der Waals surface area (Å²) in [6.45, 7) is 5.21. The van der Waals surface area contributed by atoms with Gasteiger partial charge >= 0.3 is 18.0 Å². The van der Waals surface area contributed by atoms with Gasteiger partial charge in [-0.05, 0) is 54.7 Å². The lowest BCUT2D eigenvalue weighted by molar-refractivity contribution is -0.143. The summed E-state index contributed by atoms with van der Waals surface area (Å²) in [7, 11) is 0. The second-order valence-corrected chi connectivity index (χ2v) is 16.7. The summed E-state index contributed by atoms with van der Waals surface area (Å²) in [6, 6.07) is 15.7. The summed E-state index contributed by atoms with van der Waals surface area (Å²) in [6.07, 6.45) is 3.85. The number of nitrogens with zero attached hydrogens (tertiary/aromatic N) is 2. The third-order valence-corrected chi connectivity index (χ3v) is 11.1. The summed E-state index contributed by atoms with van der Waals surface area (Å²) >= 11 is 0. The molecule has 0 spiro atoms. The molecule has 0 bridgehead atoms. The fourth-order valence-electron chi connectivity index (χ4n) is 7.56. The number of benzene rings is 3. The Bertz CT molecular complexity index is 2050. The molecule has 1 aliphatic carbocycles. The number of anilines is 2. The van der Waals surface area contributed by atoms with E-state index in [1.807, 2.05) is 12.1 Å². The van der Waals surface area contributed by atoms with Crippen LogP contribution >= 0.6 is 0 Å². The first kappa shape index (κ1) is 45.6. The number of carboxylic acids is 2. The van der Waals surface area contributed by atoms with Crippen molar-refractivity contribution in [2.45, 2.75) is 109 Å². The molecule has 0 saturated heterocycles. The fraction of sp³-hybridized carbons (Fsp3) is 0.444. The smallest absolute Gasteiger partial charge is 0.326 e. The van der Waals surface area contributed by atoms with E-state index in [2.05, 4.69) is 26.2 Å². The lowest BCUT2D eigenvalue weighted by Gasteiger charge is -2.37. The maximum atomic E-state index is 14.5. The SMILES string of the molecule is CC(C)(C)C(=O)CN1C(=O)[C@H](NC(=O)N[C@@H](Cc2ccccc2)C(=O)N[C@H](CCC(=O)N[C@@H](Cc2ccc(O)cc2)C(=O)O)C(=O)O)CN(C2CCCCC2)c2ccccc21. The van der Waals surface area contributed by atoms with Crippen LogP contribution < -0.4 is 31.1 Å². The van der Waals surface area contributed by atoms with E-state index >= 15 is 0 Å². The van der Waals surface area contributed by atoms with Crippen LogP contribution in [-0.4, -0.2) is 100 Å². The van der Waals surface area contributed by atoms with Crippen LogP contribution in [0.1, 0.15) is 76.8 Å². The van der Waals surface area contributed by atoms with Crippen LogP contribution in [0.3, 0.4) is 0 Å². The van der Waals surface area contributed by atoms with Crippen molar-refractivity contribution in [3.63, 3.8) is 0 Å². The zero-order valence-electron chi connectivity index (χ0n) is 34.8. The average Bonchev–Trinajstić information content (AvgIpc) is 3.33. The molecule has 0 aromatic heterocycles. The highest BCUT2D eigenvalue weighted by Crippen LogP contribution is 2.37. The van der Waals surface area contributed by atoms with Crippen molar-refractivity contribution in [3.8, 4) is 5.75 Å². The van der Waals surface area contributed by atoms with Crippen LogP contribution in [0.25, 0.3) is 0 Å². The standard InChI is InChI=1S/C45H56N6O10/c1-45(2,3)38(53)27-51-37-17-11-10-16-36(37)50(30-14-8-5-9-15-30)26-35(41(51)56)49-44(61)48-33(24-28-12-6-4-7-13-28)40(55)47-32(42(57)58)22-23-39(54)46-34(43(59)60)25-29-18-20-31(52)21-19-29/h4,6-7,10-13,16-21,30,32-35,52H,5,8-9,14-15,22-27H2,1-3H3,(H,46,54)(H,47,55)(H,57,58)(H,59,60)(H2,48,49,61)/t32-,33+,34+,35-/m1/s1. The lowest BCUT2D eigenvalue weighted by Crippen LogP contribution is -2.59. The van der Waals surface area contributed by atoms with Crippen molar-refractivity contribution in [3.05, 3.63) is 90.0 Å². The monoisotopic (exact) mass is 840 g/mol. The quantitative estimate of drug-likeness (QED) is 0.103. The Labute approximate surface area is 355 Å². The normalized spacial score (nSPS) is 17.2. The highest BCUT2D eigenvalue weighted by atomic mass is 16.4. The molecule has 1 saturated carbocycles. The van der Waals surface area contributed by atoms with E-state index < -0.39 is 78.1 Å². The van der Waals surface area contributed by atoms with E-state index in [-0.39, 0.29) is 43.5 Å². The van der Waals surface area contributed by atoms with Crippen molar-refractivity contribution < 1.29 is 48.9 Å². The summed E-state index contributed by atoms with van der Waals surface area (Å²) in [5, 5.41) is 39.5. The summed E-state index contributed by atoms with van der Waals surface area (Å²) in [5.74, 6) is -5.10. The number of hydrogen-bond donors (Lipinski definition) is 7. The Kier molecular flexibility index (Phi) is 15.5. The first-order valence-corrected chi connectivity index (χ1v) is 20.6. The summed E-state index contributed by atoms with van der Waals surface area (Å²) in [4.78, 5) is 96.5. The van der Waals surface area contributed by atoms with E-state index in [1.54, 1.807) is 63.2 Å². The molecule has 326 valence electrons. The van der Waals surface area contributed by atoms with Crippen LogP contribution in [0.5, 0.6) is 5.75 Å². The minimum Gasteiger partial charge on any atom is -0.508 e. The number of aromatic hydroxyl groups is 1. The number of para-hydroxylation sites is 2. The second-order valence-electron chi connectivity index (χ2n) is 16.7. The Morgan fingerprint density at radius 1 is 0.721 bits per heavy atom. The molecule has 3 aromatic carbocycles. The number of Topliss-reactive ketones (excluding diaryl/α,β-unsaturated/α-hetero) is 1. The van der Waals surface area contributed by atoms with Crippen LogP contribution in [-0.2, 0) is 41.6 Å². The molecular formula is C45H56N6O10. The Hall–Kier alpha value is -6.45. The topological polar surface area (TPSA) is 235 Å². The van der Waals surface area contributed by atoms with Gasteiger partial charge in [0.05, 0.1) is 17.9 Å². The van der Waals surface area contributed by atoms with Gasteiger partial charge in [0, 0.05) is 37.3 Å². The van der Waals surface area contributed by atoms with Crippen LogP contribution in [0, 0.1) is 5.41 Å². The molecule has 1 heterocycles. The van der Waals surface area contributed by atoms with Gasteiger partial charge in [0.15, 0.2) is 5.78 Å². The zero-order chi connectivity index (χ0) is 44.3. The molecule has 2 aliphatic rings. The number of carboxylic acid groups (broad SMARTS) is 2.